The number of benzene rings is 8. The summed E-state index contributed by atoms with van der Waals surface area (Å²) in [5, 5.41) is 20.6. The molecule has 14 heteroatoms. The standard InChI is InChI=1S/2C25H16FNO4S/c26-22-16-17(13-15-21(22)25(28)29)12-14-19-7-2-4-10-23(19)27-32(30,31)24-11-5-8-18-6-1-3-9-20(18)24;26-21-14-15-23(20(16-21)13-10-17-8-11-19(12-9-17)25(28)29)27-32(30,31)24-7-3-5-18-4-1-2-6-22(18)24/h1-11,13,15-16,27H,(H,28,29);1-9,11-12,14-16,27H,(H,28,29). The fraction of sp³-hybridized carbons (Fsp3) is 0. The second kappa shape index (κ2) is 18.8. The van der Waals surface area contributed by atoms with E-state index in [4.69, 9.17) is 10.2 Å². The molecule has 8 rings (SSSR count). The van der Waals surface area contributed by atoms with Crippen LogP contribution in [0.3, 0.4) is 0 Å². The van der Waals surface area contributed by atoms with Crippen molar-refractivity contribution in [3.05, 3.63) is 215 Å². The summed E-state index contributed by atoms with van der Waals surface area (Å²) in [5.74, 6) is 7.26. The minimum Gasteiger partial charge on any atom is -0.478 e. The van der Waals surface area contributed by atoms with Crippen molar-refractivity contribution < 1.29 is 45.4 Å². The third kappa shape index (κ3) is 10.2. The zero-order valence-corrected chi connectivity index (χ0v) is 34.7. The van der Waals surface area contributed by atoms with Crippen LogP contribution in [0.25, 0.3) is 21.5 Å². The second-order valence-corrected chi connectivity index (χ2v) is 17.1. The molecular formula is C50H32F2N2O8S2. The zero-order chi connectivity index (χ0) is 45.4. The van der Waals surface area contributed by atoms with Crippen LogP contribution in [0.2, 0.25) is 0 Å². The van der Waals surface area contributed by atoms with Crippen molar-refractivity contribution in [2.75, 3.05) is 9.44 Å². The molecule has 0 fully saturated rings. The number of carboxylic acids is 2. The summed E-state index contributed by atoms with van der Waals surface area (Å²) in [7, 11) is -7.89. The molecule has 0 radical (unpaired) electrons. The van der Waals surface area contributed by atoms with Gasteiger partial charge in [0, 0.05) is 27.5 Å². The molecule has 0 atom stereocenters. The van der Waals surface area contributed by atoms with E-state index in [0.717, 1.165) is 35.0 Å². The van der Waals surface area contributed by atoms with Gasteiger partial charge in [0.15, 0.2) is 0 Å². The maximum atomic E-state index is 13.9. The Balaban J connectivity index is 0.000000191. The van der Waals surface area contributed by atoms with Crippen LogP contribution in [0.1, 0.15) is 43.0 Å². The van der Waals surface area contributed by atoms with E-state index in [1.807, 2.05) is 36.4 Å². The third-order valence-electron chi connectivity index (χ3n) is 9.49. The van der Waals surface area contributed by atoms with Gasteiger partial charge in [-0.15, -0.1) is 0 Å². The van der Waals surface area contributed by atoms with Crippen LogP contribution in [-0.2, 0) is 20.0 Å². The number of carbonyl (C=O) groups is 2. The number of nitrogens with one attached hydrogen (secondary N) is 2. The highest BCUT2D eigenvalue weighted by Gasteiger charge is 2.20. The van der Waals surface area contributed by atoms with Gasteiger partial charge >= 0.3 is 11.9 Å². The van der Waals surface area contributed by atoms with Gasteiger partial charge in [-0.1, -0.05) is 109 Å². The van der Waals surface area contributed by atoms with Crippen molar-refractivity contribution in [3.63, 3.8) is 0 Å². The molecule has 0 saturated carbocycles. The highest BCUT2D eigenvalue weighted by Crippen LogP contribution is 2.28. The van der Waals surface area contributed by atoms with Gasteiger partial charge in [-0.3, -0.25) is 9.44 Å². The highest BCUT2D eigenvalue weighted by atomic mass is 32.2. The Hall–Kier alpha value is -8.30. The van der Waals surface area contributed by atoms with E-state index in [2.05, 4.69) is 33.1 Å². The average Bonchev–Trinajstić information content (AvgIpc) is 3.28. The summed E-state index contributed by atoms with van der Waals surface area (Å²) in [6.07, 6.45) is 0. The Kier molecular flexibility index (Phi) is 12.8. The van der Waals surface area contributed by atoms with E-state index in [-0.39, 0.29) is 37.9 Å². The lowest BCUT2D eigenvalue weighted by Gasteiger charge is -2.12. The molecule has 8 aromatic rings. The molecule has 0 aliphatic heterocycles. The first-order valence-electron chi connectivity index (χ1n) is 19.0. The molecular weight excluding hydrogens is 859 g/mol. The molecule has 0 amide bonds. The number of para-hydroxylation sites is 1. The largest absolute Gasteiger partial charge is 0.478 e. The SMILES string of the molecule is O=C(O)c1ccc(C#Cc2cc(F)ccc2NS(=O)(=O)c2cccc3ccccc23)cc1.O=C(O)c1ccc(C#Cc2ccccc2NS(=O)(=O)c2cccc3ccccc23)cc1F. The maximum absolute atomic E-state index is 13.9. The van der Waals surface area contributed by atoms with Crippen molar-refractivity contribution in [2.24, 2.45) is 0 Å². The van der Waals surface area contributed by atoms with Crippen molar-refractivity contribution in [1.82, 2.24) is 0 Å². The van der Waals surface area contributed by atoms with Crippen LogP contribution in [-0.4, -0.2) is 39.0 Å². The van der Waals surface area contributed by atoms with Gasteiger partial charge in [0.1, 0.15) is 11.6 Å². The Morgan fingerprint density at radius 3 is 1.55 bits per heavy atom. The highest BCUT2D eigenvalue weighted by molar-refractivity contribution is 7.93. The van der Waals surface area contributed by atoms with Crippen LogP contribution >= 0.6 is 0 Å². The molecule has 0 bridgehead atoms. The van der Waals surface area contributed by atoms with E-state index < -0.39 is 49.2 Å². The predicted octanol–water partition coefficient (Wildman–Crippen LogP) is 9.76. The molecule has 10 nitrogen and oxygen atoms in total. The lowest BCUT2D eigenvalue weighted by Crippen LogP contribution is -2.14. The Morgan fingerprint density at radius 1 is 0.469 bits per heavy atom. The lowest BCUT2D eigenvalue weighted by molar-refractivity contribution is 0.0683. The minimum absolute atomic E-state index is 0.100. The minimum atomic E-state index is -3.98. The van der Waals surface area contributed by atoms with Crippen LogP contribution in [0, 0.1) is 35.3 Å². The second-order valence-electron chi connectivity index (χ2n) is 13.8. The lowest BCUT2D eigenvalue weighted by atomic mass is 10.1. The number of hydrogen-bond donors (Lipinski definition) is 4. The molecule has 8 aromatic carbocycles. The molecule has 0 aromatic heterocycles. The van der Waals surface area contributed by atoms with Crippen molar-refractivity contribution in [2.45, 2.75) is 9.79 Å². The fourth-order valence-electron chi connectivity index (χ4n) is 6.39. The summed E-state index contributed by atoms with van der Waals surface area (Å²) in [4.78, 5) is 22.2. The van der Waals surface area contributed by atoms with Crippen molar-refractivity contribution in [3.8, 4) is 23.7 Å². The van der Waals surface area contributed by atoms with Gasteiger partial charge in [0.25, 0.3) is 20.0 Å². The van der Waals surface area contributed by atoms with Crippen molar-refractivity contribution >= 4 is 64.9 Å². The van der Waals surface area contributed by atoms with E-state index in [1.54, 1.807) is 60.7 Å². The summed E-state index contributed by atoms with van der Waals surface area (Å²) >= 11 is 0. The van der Waals surface area contributed by atoms with E-state index >= 15 is 0 Å². The summed E-state index contributed by atoms with van der Waals surface area (Å²) in [5.41, 5.74) is 1.38. The fourth-order valence-corrected chi connectivity index (χ4v) is 9.01. The van der Waals surface area contributed by atoms with Crippen LogP contribution in [0.5, 0.6) is 0 Å². The molecule has 0 unspecified atom stereocenters. The van der Waals surface area contributed by atoms with Crippen molar-refractivity contribution in [1.29, 1.82) is 0 Å². The number of rotatable bonds is 8. The average molecular weight is 891 g/mol. The number of carboxylic acid groups (broad SMARTS) is 2. The number of halogens is 2. The summed E-state index contributed by atoms with van der Waals surface area (Å²) < 4.78 is 85.4. The van der Waals surface area contributed by atoms with Gasteiger partial charge < -0.3 is 10.2 Å². The monoisotopic (exact) mass is 890 g/mol. The Bertz CT molecular complexity index is 3470. The predicted molar refractivity (Wildman–Crippen MR) is 241 cm³/mol. The van der Waals surface area contributed by atoms with Gasteiger partial charge in [-0.2, -0.15) is 0 Å². The Labute approximate surface area is 366 Å². The zero-order valence-electron chi connectivity index (χ0n) is 33.1. The Morgan fingerprint density at radius 2 is 0.969 bits per heavy atom. The van der Waals surface area contributed by atoms with Gasteiger partial charge in [-0.05, 0) is 95.7 Å². The topological polar surface area (TPSA) is 167 Å². The van der Waals surface area contributed by atoms with Crippen LogP contribution < -0.4 is 9.44 Å². The first kappa shape index (κ1) is 43.8. The molecule has 0 saturated heterocycles. The number of sulfonamides is 2. The number of aromatic carboxylic acids is 2. The van der Waals surface area contributed by atoms with Crippen LogP contribution in [0.4, 0.5) is 20.2 Å². The molecule has 0 aliphatic rings. The summed E-state index contributed by atoms with van der Waals surface area (Å²) in [6, 6.07) is 43.9. The van der Waals surface area contributed by atoms with Gasteiger partial charge in [0.2, 0.25) is 0 Å². The van der Waals surface area contributed by atoms with E-state index in [0.29, 0.717) is 21.9 Å². The van der Waals surface area contributed by atoms with E-state index in [9.17, 15) is 35.2 Å². The first-order valence-corrected chi connectivity index (χ1v) is 22.0. The third-order valence-corrected chi connectivity index (χ3v) is 12.3. The van der Waals surface area contributed by atoms with E-state index in [1.165, 1.54) is 48.5 Å². The van der Waals surface area contributed by atoms with Gasteiger partial charge in [0.05, 0.1) is 37.9 Å². The van der Waals surface area contributed by atoms with Crippen LogP contribution in [0.15, 0.2) is 180 Å². The molecule has 0 spiro atoms. The molecule has 4 N–H and O–H groups in total. The molecule has 0 heterocycles. The maximum Gasteiger partial charge on any atom is 0.338 e. The first-order chi connectivity index (χ1) is 30.7. The number of anilines is 2. The summed E-state index contributed by atoms with van der Waals surface area (Å²) in [6.45, 7) is 0. The molecule has 64 heavy (non-hydrogen) atoms. The number of fused-ring (bicyclic) bond motifs is 2. The quantitative estimate of drug-likeness (QED) is 0.109. The number of hydrogen-bond acceptors (Lipinski definition) is 6. The smallest absolute Gasteiger partial charge is 0.338 e. The molecule has 0 aliphatic carbocycles. The normalized spacial score (nSPS) is 10.9. The molecule has 316 valence electrons. The van der Waals surface area contributed by atoms with Gasteiger partial charge in [-0.25, -0.2) is 35.2 Å².